The molecule has 1 aliphatic heterocycles. The van der Waals surface area contributed by atoms with Crippen molar-refractivity contribution in [3.05, 3.63) is 42.6 Å². The van der Waals surface area contributed by atoms with Gasteiger partial charge in [0, 0.05) is 55.4 Å². The third kappa shape index (κ3) is 4.88. The zero-order chi connectivity index (χ0) is 28.6. The van der Waals surface area contributed by atoms with Gasteiger partial charge in [-0.25, -0.2) is 24.1 Å². The molecule has 11 nitrogen and oxygen atoms in total. The quantitative estimate of drug-likeness (QED) is 0.329. The minimum Gasteiger partial charge on any atom is -0.494 e. The fourth-order valence-electron chi connectivity index (χ4n) is 4.68. The Hall–Kier alpha value is -4.39. The van der Waals surface area contributed by atoms with Crippen LogP contribution in [-0.4, -0.2) is 63.8 Å². The van der Waals surface area contributed by atoms with E-state index in [0.717, 1.165) is 0 Å². The van der Waals surface area contributed by atoms with Crippen LogP contribution in [0.4, 0.5) is 20.3 Å². The van der Waals surface area contributed by atoms with E-state index in [0.29, 0.717) is 70.5 Å². The number of piperidine rings is 1. The monoisotopic (exact) mass is 565 g/mol. The first-order valence-electron chi connectivity index (χ1n) is 12.7. The van der Waals surface area contributed by atoms with Crippen LogP contribution in [0.1, 0.15) is 26.7 Å². The highest BCUT2D eigenvalue weighted by atomic mass is 32.1. The number of nitrogens with zero attached hydrogens (tertiary/aromatic N) is 6. The Morgan fingerprint density at radius 3 is 2.50 bits per heavy atom. The Kier molecular flexibility index (Phi) is 7.23. The number of pyridine rings is 1. The zero-order valence-corrected chi connectivity index (χ0v) is 23.0. The summed E-state index contributed by atoms with van der Waals surface area (Å²) in [4.78, 5) is 44.9. The molecule has 208 valence electrons. The number of methoxy groups -OCH3 is 1. The highest BCUT2D eigenvalue weighted by Gasteiger charge is 2.37. The zero-order valence-electron chi connectivity index (χ0n) is 22.2. The van der Waals surface area contributed by atoms with Gasteiger partial charge in [-0.3, -0.25) is 14.7 Å². The number of urea groups is 1. The van der Waals surface area contributed by atoms with Gasteiger partial charge in [-0.2, -0.15) is 0 Å². The van der Waals surface area contributed by atoms with E-state index in [-0.39, 0.29) is 11.4 Å². The van der Waals surface area contributed by atoms with Crippen molar-refractivity contribution in [1.29, 1.82) is 0 Å². The summed E-state index contributed by atoms with van der Waals surface area (Å²) in [6.07, 6.45) is 5.80. The molecule has 0 spiro atoms. The van der Waals surface area contributed by atoms with E-state index in [9.17, 15) is 14.7 Å². The van der Waals surface area contributed by atoms with Crippen LogP contribution in [-0.2, 0) is 4.79 Å². The Morgan fingerprint density at radius 2 is 1.90 bits per heavy atom. The summed E-state index contributed by atoms with van der Waals surface area (Å²) in [6, 6.07) is 4.41. The number of ether oxygens (including phenoxy) is 1. The number of hydrogen-bond donors (Lipinski definition) is 2. The molecule has 0 radical (unpaired) electrons. The molecule has 1 saturated heterocycles. The van der Waals surface area contributed by atoms with Gasteiger partial charge in [0.25, 0.3) is 0 Å². The molecule has 0 unspecified atom stereocenters. The second-order valence-corrected chi connectivity index (χ2v) is 10.7. The van der Waals surface area contributed by atoms with Crippen LogP contribution in [0.25, 0.3) is 32.6 Å². The maximum atomic E-state index is 15.4. The van der Waals surface area contributed by atoms with Crippen LogP contribution in [0.2, 0.25) is 0 Å². The molecule has 3 aromatic heterocycles. The number of anilines is 2. The van der Waals surface area contributed by atoms with Gasteiger partial charge in [-0.15, -0.1) is 0 Å². The molecular formula is C27H28FN7O4S. The van der Waals surface area contributed by atoms with Gasteiger partial charge in [0.1, 0.15) is 5.69 Å². The maximum Gasteiger partial charge on any atom is 0.321 e. The molecule has 1 aromatic carbocycles. The average Bonchev–Trinajstić information content (AvgIpc) is 3.37. The number of primary amides is 1. The summed E-state index contributed by atoms with van der Waals surface area (Å²) >= 11 is 1.22. The number of aromatic nitrogens is 4. The van der Waals surface area contributed by atoms with Crippen LogP contribution >= 0.6 is 11.3 Å². The van der Waals surface area contributed by atoms with Crippen molar-refractivity contribution in [3.63, 3.8) is 0 Å². The number of carboxylic acids is 1. The van der Waals surface area contributed by atoms with Crippen molar-refractivity contribution >= 4 is 44.6 Å². The SMILES string of the molecule is CCN(C(N)=O)c1nc2cc(-c3cnc(N4CCC(C)(C(=O)O)CC4)nc3)cc(-c3nccc(OC)c3F)c2s1. The van der Waals surface area contributed by atoms with Gasteiger partial charge in [0.15, 0.2) is 16.7 Å². The molecule has 1 aliphatic rings. The second-order valence-electron chi connectivity index (χ2n) is 9.75. The summed E-state index contributed by atoms with van der Waals surface area (Å²) in [7, 11) is 1.38. The van der Waals surface area contributed by atoms with E-state index in [1.807, 2.05) is 11.0 Å². The first-order valence-corrected chi connectivity index (χ1v) is 13.5. The average molecular weight is 566 g/mol. The molecule has 4 heterocycles. The number of benzene rings is 1. The molecule has 0 aliphatic carbocycles. The van der Waals surface area contributed by atoms with Crippen molar-refractivity contribution < 1.29 is 23.8 Å². The number of carboxylic acid groups (broad SMARTS) is 1. The number of aliphatic carboxylic acids is 1. The van der Waals surface area contributed by atoms with Gasteiger partial charge in [-0.1, -0.05) is 11.3 Å². The lowest BCUT2D eigenvalue weighted by atomic mass is 9.80. The number of rotatable bonds is 7. The van der Waals surface area contributed by atoms with Crippen molar-refractivity contribution in [2.24, 2.45) is 11.1 Å². The Labute approximate surface area is 233 Å². The lowest BCUT2D eigenvalue weighted by Gasteiger charge is -2.36. The molecule has 4 aromatic rings. The first-order chi connectivity index (χ1) is 19.1. The fourth-order valence-corrected chi connectivity index (χ4v) is 5.81. The maximum absolute atomic E-state index is 15.4. The van der Waals surface area contributed by atoms with Crippen LogP contribution in [0, 0.1) is 11.2 Å². The van der Waals surface area contributed by atoms with Crippen LogP contribution < -0.4 is 20.3 Å². The van der Waals surface area contributed by atoms with E-state index < -0.39 is 23.2 Å². The molecule has 3 N–H and O–H groups in total. The predicted octanol–water partition coefficient (Wildman–Crippen LogP) is 4.56. The molecular weight excluding hydrogens is 537 g/mol. The molecule has 0 saturated carbocycles. The fraction of sp³-hybridized carbons (Fsp3) is 0.333. The number of carbonyl (C=O) groups is 2. The topological polar surface area (TPSA) is 148 Å². The van der Waals surface area contributed by atoms with Gasteiger partial charge < -0.3 is 20.5 Å². The first kappa shape index (κ1) is 27.2. The number of nitrogens with two attached hydrogens (primary N) is 1. The van der Waals surface area contributed by atoms with Crippen molar-refractivity contribution in [1.82, 2.24) is 19.9 Å². The summed E-state index contributed by atoms with van der Waals surface area (Å²) in [5, 5.41) is 9.89. The second kappa shape index (κ2) is 10.6. The molecule has 13 heteroatoms. The highest BCUT2D eigenvalue weighted by Crippen LogP contribution is 2.41. The van der Waals surface area contributed by atoms with E-state index in [1.54, 1.807) is 32.3 Å². The Bertz CT molecular complexity index is 1590. The molecule has 0 atom stereocenters. The largest absolute Gasteiger partial charge is 0.494 e. The normalized spacial score (nSPS) is 14.8. The minimum absolute atomic E-state index is 0.0498. The highest BCUT2D eigenvalue weighted by molar-refractivity contribution is 7.23. The lowest BCUT2D eigenvalue weighted by molar-refractivity contribution is -0.149. The summed E-state index contributed by atoms with van der Waals surface area (Å²) in [6.45, 7) is 4.94. The van der Waals surface area contributed by atoms with Crippen LogP contribution in [0.3, 0.4) is 0 Å². The molecule has 0 bridgehead atoms. The predicted molar refractivity (Wildman–Crippen MR) is 150 cm³/mol. The number of amides is 2. The standard InChI is InChI=1S/C27H28FN7O4S/c1-4-35(24(29)38)26-33-18-12-15(11-17(22(18)40-26)21-20(28)19(39-3)5-8-30-21)16-13-31-25(32-14-16)34-9-6-27(2,7-10-34)23(36)37/h5,8,11-14H,4,6-7,9-10H2,1-3H3,(H2,29,38)(H,36,37). The van der Waals surface area contributed by atoms with E-state index >= 15 is 4.39 Å². The molecule has 1 fully saturated rings. The van der Waals surface area contributed by atoms with Crippen LogP contribution in [0.5, 0.6) is 5.75 Å². The van der Waals surface area contributed by atoms with Gasteiger partial charge in [-0.05, 0) is 44.4 Å². The smallest absolute Gasteiger partial charge is 0.321 e. The third-order valence-electron chi connectivity index (χ3n) is 7.26. The van der Waals surface area contributed by atoms with Crippen LogP contribution in [0.15, 0.2) is 36.8 Å². The molecule has 2 amide bonds. The number of halogens is 1. The summed E-state index contributed by atoms with van der Waals surface area (Å²) < 4.78 is 21.2. The summed E-state index contributed by atoms with van der Waals surface area (Å²) in [5.74, 6) is -0.854. The lowest BCUT2D eigenvalue weighted by Crippen LogP contribution is -2.43. The van der Waals surface area contributed by atoms with E-state index in [2.05, 4.69) is 19.9 Å². The number of thiazole rings is 1. The Balaban J connectivity index is 1.56. The van der Waals surface area contributed by atoms with Gasteiger partial charge in [0.05, 0.1) is 22.7 Å². The third-order valence-corrected chi connectivity index (χ3v) is 8.39. The molecule has 5 rings (SSSR count). The summed E-state index contributed by atoms with van der Waals surface area (Å²) in [5.41, 5.74) is 7.23. The van der Waals surface area contributed by atoms with Crippen molar-refractivity contribution in [2.45, 2.75) is 26.7 Å². The van der Waals surface area contributed by atoms with Gasteiger partial charge in [0.2, 0.25) is 5.95 Å². The van der Waals surface area contributed by atoms with Crippen molar-refractivity contribution in [2.75, 3.05) is 36.5 Å². The van der Waals surface area contributed by atoms with E-state index in [1.165, 1.54) is 35.6 Å². The number of fused-ring (bicyclic) bond motifs is 1. The number of hydrogen-bond acceptors (Lipinski definition) is 9. The van der Waals surface area contributed by atoms with Gasteiger partial charge >= 0.3 is 12.0 Å². The minimum atomic E-state index is -0.792. The van der Waals surface area contributed by atoms with E-state index in [4.69, 9.17) is 10.5 Å². The van der Waals surface area contributed by atoms with Crippen molar-refractivity contribution in [3.8, 4) is 28.1 Å². The number of carbonyl (C=O) groups excluding carboxylic acids is 1. The molecule has 40 heavy (non-hydrogen) atoms. The Morgan fingerprint density at radius 1 is 1.20 bits per heavy atom.